The summed E-state index contributed by atoms with van der Waals surface area (Å²) < 4.78 is 99.6. The van der Waals surface area contributed by atoms with E-state index >= 15 is 0 Å². The molecule has 0 amide bonds. The summed E-state index contributed by atoms with van der Waals surface area (Å²) in [7, 11) is 6.18. The van der Waals surface area contributed by atoms with Crippen molar-refractivity contribution in [2.75, 3.05) is 0 Å². The molecule has 2 atom stereocenters. The third-order valence-corrected chi connectivity index (χ3v) is 16.4. The first kappa shape index (κ1) is 42.7. The lowest BCUT2D eigenvalue weighted by atomic mass is 9.76. The zero-order valence-electron chi connectivity index (χ0n) is 58.5. The molecule has 402 valence electrons. The van der Waals surface area contributed by atoms with E-state index in [1.807, 2.05) is 61.1 Å². The van der Waals surface area contributed by atoms with Crippen LogP contribution < -0.4 is 13.7 Å². The fourth-order valence-corrected chi connectivity index (χ4v) is 11.8. The fraction of sp³-hybridized carbons (Fsp3) is 0.329. The van der Waals surface area contributed by atoms with Crippen LogP contribution in [0.15, 0.2) is 201 Å². The van der Waals surface area contributed by atoms with Gasteiger partial charge in [0.15, 0.2) is 18.6 Å². The van der Waals surface area contributed by atoms with Crippen LogP contribution in [-0.2, 0) is 21.1 Å². The van der Waals surface area contributed by atoms with Crippen molar-refractivity contribution in [3.63, 3.8) is 0 Å². The Morgan fingerprint density at radius 1 is 0.367 bits per heavy atom. The average molecular weight is 1050 g/mol. The zero-order chi connectivity index (χ0) is 64.6. The van der Waals surface area contributed by atoms with E-state index in [4.69, 9.17) is 15.1 Å². The maximum Gasteiger partial charge on any atom is 0.212 e. The molecule has 0 aliphatic heterocycles. The Morgan fingerprint density at radius 3 is 1.10 bits per heavy atom. The first-order valence-electron chi connectivity index (χ1n) is 34.1. The topological polar surface area (TPSA) is 11.6 Å². The standard InChI is InChI=1S/C26H30N.2C25H28N/c1-19-8-4-6-10-24(19)22-14-12-21(13-15-22)23-16-17-26(27(3)18-23)25-11-7-5-9-20(25)2;2*1-19-8-6-7-11-24(19)25-17-16-23(18-26(25)2)22-14-12-21(13-15-22)20-9-4-3-5-10-20/h5,7,9,11-19,24H,4,6,8,10H2,1-3H3;2*6-8,11-18,20H,3-5,9-10H2,1-2H3/q3*+1/i4D2,6D2,8D2,10D2,19D,24D;20D;. The van der Waals surface area contributed by atoms with Crippen LogP contribution in [0.25, 0.3) is 67.2 Å². The third kappa shape index (κ3) is 13.4. The van der Waals surface area contributed by atoms with Crippen LogP contribution in [0.1, 0.15) is 163 Å². The number of aryl methyl sites for hydroxylation is 6. The minimum atomic E-state index is -3.39. The fourth-order valence-electron chi connectivity index (χ4n) is 11.8. The molecule has 2 unspecified atom stereocenters. The van der Waals surface area contributed by atoms with Gasteiger partial charge in [-0.3, -0.25) is 0 Å². The highest BCUT2D eigenvalue weighted by molar-refractivity contribution is 5.69. The van der Waals surface area contributed by atoms with E-state index in [1.54, 1.807) is 12.1 Å². The van der Waals surface area contributed by atoms with Crippen molar-refractivity contribution >= 4 is 0 Å². The number of benzene rings is 6. The Kier molecular flexibility index (Phi) is 14.1. The Bertz CT molecular complexity index is 3970. The van der Waals surface area contributed by atoms with Crippen LogP contribution in [0.4, 0.5) is 0 Å². The predicted molar refractivity (Wildman–Crippen MR) is 332 cm³/mol. The summed E-state index contributed by atoms with van der Waals surface area (Å²) in [5, 5.41) is 0. The van der Waals surface area contributed by atoms with E-state index in [9.17, 15) is 0 Å². The molecule has 3 heteroatoms. The minimum Gasteiger partial charge on any atom is -0.200 e. The molecular formula is C76H86N3+3. The first-order chi connectivity index (χ1) is 42.6. The predicted octanol–water partition coefficient (Wildman–Crippen LogP) is 18.8. The van der Waals surface area contributed by atoms with E-state index < -0.39 is 37.3 Å². The molecule has 3 heterocycles. The number of hydrogen-bond donors (Lipinski definition) is 0. The second-order valence-electron chi connectivity index (χ2n) is 22.0. The maximum atomic E-state index is 9.09. The van der Waals surface area contributed by atoms with Crippen LogP contribution in [0.5, 0.6) is 0 Å². The lowest BCUT2D eigenvalue weighted by Gasteiger charge is -2.29. The van der Waals surface area contributed by atoms with Crippen LogP contribution in [0, 0.1) is 26.7 Å². The second-order valence-corrected chi connectivity index (χ2v) is 22.0. The zero-order valence-corrected chi connectivity index (χ0v) is 47.5. The molecule has 12 rings (SSSR count). The lowest BCUT2D eigenvalue weighted by molar-refractivity contribution is -0.660. The largest absolute Gasteiger partial charge is 0.212 e. The van der Waals surface area contributed by atoms with Gasteiger partial charge < -0.3 is 0 Å². The van der Waals surface area contributed by atoms with Crippen molar-refractivity contribution in [1.82, 2.24) is 0 Å². The van der Waals surface area contributed by atoms with Gasteiger partial charge in [0.25, 0.3) is 0 Å². The average Bonchev–Trinajstić information content (AvgIpc) is 0.660. The number of pyridine rings is 3. The van der Waals surface area contributed by atoms with Gasteiger partial charge in [0.1, 0.15) is 21.1 Å². The third-order valence-electron chi connectivity index (χ3n) is 16.4. The second kappa shape index (κ2) is 26.2. The number of aromatic nitrogens is 3. The van der Waals surface area contributed by atoms with Gasteiger partial charge in [-0.05, 0) is 163 Å². The number of rotatable bonds is 9. The Hall–Kier alpha value is -7.23. The van der Waals surface area contributed by atoms with E-state index in [-0.39, 0.29) is 11.5 Å². The van der Waals surface area contributed by atoms with Crippen LogP contribution in [0.2, 0.25) is 0 Å². The summed E-state index contributed by atoms with van der Waals surface area (Å²) in [4.78, 5) is 0. The summed E-state index contributed by atoms with van der Waals surface area (Å²) in [6.45, 7) is 7.35. The summed E-state index contributed by atoms with van der Waals surface area (Å²) in [5.41, 5.74) is 20.1. The van der Waals surface area contributed by atoms with Gasteiger partial charge in [0, 0.05) is 66.7 Å². The van der Waals surface area contributed by atoms with Gasteiger partial charge in [0.05, 0.1) is 0 Å². The Morgan fingerprint density at radius 2 is 0.709 bits per heavy atom. The van der Waals surface area contributed by atoms with Gasteiger partial charge >= 0.3 is 0 Å². The van der Waals surface area contributed by atoms with Gasteiger partial charge in [-0.2, -0.15) is 0 Å². The van der Waals surface area contributed by atoms with Gasteiger partial charge in [-0.1, -0.05) is 192 Å². The molecular weight excluding hydrogens is 955 g/mol. The number of hydrogen-bond acceptors (Lipinski definition) is 0. The molecule has 3 saturated carbocycles. The monoisotopic (exact) mass is 1050 g/mol. The molecule has 79 heavy (non-hydrogen) atoms. The van der Waals surface area contributed by atoms with Crippen molar-refractivity contribution in [3.8, 4) is 67.2 Å². The van der Waals surface area contributed by atoms with Crippen LogP contribution in [0.3, 0.4) is 0 Å². The number of nitrogens with zero attached hydrogens (tertiary/aromatic N) is 3. The molecule has 0 saturated heterocycles. The molecule has 3 aliphatic carbocycles. The van der Waals surface area contributed by atoms with Gasteiger partial charge in [0.2, 0.25) is 17.1 Å². The van der Waals surface area contributed by atoms with Crippen LogP contribution >= 0.6 is 0 Å². The molecule has 0 spiro atoms. The van der Waals surface area contributed by atoms with Gasteiger partial charge in [-0.25, -0.2) is 13.7 Å². The smallest absolute Gasteiger partial charge is 0.200 e. The highest BCUT2D eigenvalue weighted by Gasteiger charge is 2.24. The van der Waals surface area contributed by atoms with Crippen molar-refractivity contribution in [1.29, 1.82) is 0 Å². The van der Waals surface area contributed by atoms with E-state index in [0.717, 1.165) is 53.6 Å². The van der Waals surface area contributed by atoms with Gasteiger partial charge in [-0.15, -0.1) is 0 Å². The highest BCUT2D eigenvalue weighted by atomic mass is 14.9. The first-order valence-corrected chi connectivity index (χ1v) is 28.6. The molecule has 6 aromatic carbocycles. The normalized spacial score (nSPS) is 23.6. The van der Waals surface area contributed by atoms with E-state index in [2.05, 4.69) is 171 Å². The summed E-state index contributed by atoms with van der Waals surface area (Å²) in [6, 6.07) is 62.1. The molecule has 0 N–H and O–H groups in total. The summed E-state index contributed by atoms with van der Waals surface area (Å²) >= 11 is 0. The molecule has 9 aromatic rings. The highest BCUT2D eigenvalue weighted by Crippen LogP contribution is 2.39. The summed E-state index contributed by atoms with van der Waals surface area (Å²) in [5.74, 6) is -5.02. The quantitative estimate of drug-likeness (QED) is 0.128. The minimum absolute atomic E-state index is 0.0945. The molecule has 3 aliphatic rings. The maximum absolute atomic E-state index is 9.09. The van der Waals surface area contributed by atoms with E-state index in [1.165, 1.54) is 131 Å². The molecule has 0 radical (unpaired) electrons. The summed E-state index contributed by atoms with van der Waals surface area (Å²) in [6.07, 6.45) is 5.80. The molecule has 0 bridgehead atoms. The lowest BCUT2D eigenvalue weighted by Crippen LogP contribution is -2.30. The van der Waals surface area contributed by atoms with E-state index in [0.29, 0.717) is 0 Å². The Labute approximate surface area is 490 Å². The molecule has 3 fully saturated rings. The SMILES string of the molecule is Cc1ccccc1-c1ccc(-c2ccc(C3CCCCC3)cc2)c[n+]1C.[2H]C1([2H])C([2H])([2H])C([2H])([2H])C([2H])(c2ccc(-c3ccc(-c4ccccc4C)[n+](C)c3)cc2)C([2H])(C)C1([2H])[2H].[2H]C1(c2ccc(-c3ccc(-c4ccccc4C)[n+](C)c3)cc2)CCCCC1. The molecule has 3 aromatic heterocycles. The van der Waals surface area contributed by atoms with Crippen molar-refractivity contribution in [2.45, 2.75) is 135 Å². The van der Waals surface area contributed by atoms with Crippen molar-refractivity contribution in [2.24, 2.45) is 27.0 Å². The Balaban J connectivity index is 0.000000152. The molecule has 3 nitrogen and oxygen atoms in total. The van der Waals surface area contributed by atoms with Crippen molar-refractivity contribution in [3.05, 3.63) is 234 Å². The van der Waals surface area contributed by atoms with Crippen molar-refractivity contribution < 1.29 is 28.8 Å². The van der Waals surface area contributed by atoms with Crippen LogP contribution in [-0.4, -0.2) is 0 Å².